The lowest BCUT2D eigenvalue weighted by atomic mass is 10.1. The molecule has 0 unspecified atom stereocenters. The van der Waals surface area contributed by atoms with Crippen molar-refractivity contribution in [2.75, 3.05) is 13.1 Å². The number of nitrogens with one attached hydrogen (secondary N) is 1. The van der Waals surface area contributed by atoms with E-state index < -0.39 is 0 Å². The van der Waals surface area contributed by atoms with Crippen molar-refractivity contribution in [3.63, 3.8) is 0 Å². The van der Waals surface area contributed by atoms with E-state index >= 15 is 0 Å². The van der Waals surface area contributed by atoms with Crippen LogP contribution in [0.5, 0.6) is 0 Å². The van der Waals surface area contributed by atoms with Gasteiger partial charge in [0.15, 0.2) is 0 Å². The molecule has 1 aliphatic heterocycles. The molecule has 1 N–H and O–H groups in total. The predicted octanol–water partition coefficient (Wildman–Crippen LogP) is 2.71. The van der Waals surface area contributed by atoms with E-state index in [2.05, 4.69) is 35.0 Å². The van der Waals surface area contributed by atoms with Crippen LogP contribution in [-0.2, 0) is 17.9 Å². The minimum atomic E-state index is 0.381. The number of benzene rings is 1. The molecule has 1 fully saturated rings. The molecule has 0 spiro atoms. The molecule has 20 heavy (non-hydrogen) atoms. The molecule has 1 saturated heterocycles. The molecule has 3 rings (SSSR count). The number of aryl methyl sites for hydroxylation is 1. The van der Waals surface area contributed by atoms with Crippen molar-refractivity contribution >= 4 is 11.0 Å². The fraction of sp³-hybridized carbons (Fsp3) is 0.562. The minimum absolute atomic E-state index is 0.381. The molecule has 108 valence electrons. The molecular weight excluding hydrogens is 250 g/mol. The van der Waals surface area contributed by atoms with Crippen molar-refractivity contribution in [3.8, 4) is 0 Å². The van der Waals surface area contributed by atoms with Crippen LogP contribution < -0.4 is 5.32 Å². The fourth-order valence-corrected chi connectivity index (χ4v) is 2.86. The average molecular weight is 273 g/mol. The summed E-state index contributed by atoms with van der Waals surface area (Å²) >= 11 is 0. The van der Waals surface area contributed by atoms with Gasteiger partial charge in [-0.05, 0) is 44.5 Å². The third-order valence-corrected chi connectivity index (χ3v) is 3.92. The Morgan fingerprint density at radius 1 is 1.30 bits per heavy atom. The summed E-state index contributed by atoms with van der Waals surface area (Å²) in [5.74, 6) is 1.06. The van der Waals surface area contributed by atoms with Gasteiger partial charge in [0.2, 0.25) is 0 Å². The Bertz CT molecular complexity index is 558. The highest BCUT2D eigenvalue weighted by Gasteiger charge is 2.16. The molecule has 1 aromatic heterocycles. The van der Waals surface area contributed by atoms with Gasteiger partial charge in [0.05, 0.1) is 17.1 Å². The van der Waals surface area contributed by atoms with E-state index in [-0.39, 0.29) is 0 Å². The Balaban J connectivity index is 1.77. The summed E-state index contributed by atoms with van der Waals surface area (Å²) in [5.41, 5.74) is 2.29. The normalized spacial score (nSPS) is 16.9. The summed E-state index contributed by atoms with van der Waals surface area (Å²) in [6, 6.07) is 8.35. The molecule has 0 atom stereocenters. The number of hydrogen-bond donors (Lipinski definition) is 1. The number of ether oxygens (including phenoxy) is 1. The quantitative estimate of drug-likeness (QED) is 0.910. The second-order valence-corrected chi connectivity index (χ2v) is 5.43. The van der Waals surface area contributed by atoms with Crippen LogP contribution in [-0.4, -0.2) is 28.7 Å². The smallest absolute Gasteiger partial charge is 0.136 e. The van der Waals surface area contributed by atoms with E-state index in [9.17, 15) is 0 Å². The number of para-hydroxylation sites is 2. The van der Waals surface area contributed by atoms with Crippen molar-refractivity contribution < 1.29 is 4.74 Å². The maximum absolute atomic E-state index is 6.06. The number of nitrogens with zero attached hydrogens (tertiary/aromatic N) is 2. The lowest BCUT2D eigenvalue weighted by Gasteiger charge is -2.22. The van der Waals surface area contributed by atoms with E-state index in [0.717, 1.165) is 50.2 Å². The lowest BCUT2D eigenvalue weighted by molar-refractivity contribution is 0.0166. The zero-order valence-electron chi connectivity index (χ0n) is 12.1. The highest BCUT2D eigenvalue weighted by Crippen LogP contribution is 2.18. The summed E-state index contributed by atoms with van der Waals surface area (Å²) < 4.78 is 8.36. The molecule has 0 aliphatic carbocycles. The van der Waals surface area contributed by atoms with Gasteiger partial charge in [-0.25, -0.2) is 4.98 Å². The van der Waals surface area contributed by atoms with Crippen LogP contribution in [0.1, 0.15) is 32.0 Å². The first kappa shape index (κ1) is 13.6. The van der Waals surface area contributed by atoms with E-state index in [4.69, 9.17) is 9.72 Å². The molecule has 0 bridgehead atoms. The van der Waals surface area contributed by atoms with Crippen LogP contribution in [0.25, 0.3) is 11.0 Å². The summed E-state index contributed by atoms with van der Waals surface area (Å²) in [7, 11) is 0. The van der Waals surface area contributed by atoms with E-state index in [1.807, 2.05) is 6.07 Å². The van der Waals surface area contributed by atoms with Crippen LogP contribution in [0.4, 0.5) is 0 Å². The van der Waals surface area contributed by atoms with E-state index in [0.29, 0.717) is 12.7 Å². The Kier molecular flexibility index (Phi) is 4.33. The van der Waals surface area contributed by atoms with E-state index in [1.165, 1.54) is 5.52 Å². The van der Waals surface area contributed by atoms with Gasteiger partial charge in [0, 0.05) is 6.54 Å². The number of imidazole rings is 1. The van der Waals surface area contributed by atoms with Gasteiger partial charge in [0.1, 0.15) is 12.4 Å². The highest BCUT2D eigenvalue weighted by atomic mass is 16.5. The predicted molar refractivity (Wildman–Crippen MR) is 80.7 cm³/mol. The van der Waals surface area contributed by atoms with Gasteiger partial charge in [-0.2, -0.15) is 0 Å². The number of rotatable bonds is 5. The van der Waals surface area contributed by atoms with Gasteiger partial charge >= 0.3 is 0 Å². The van der Waals surface area contributed by atoms with Gasteiger partial charge in [0.25, 0.3) is 0 Å². The van der Waals surface area contributed by atoms with Gasteiger partial charge in [-0.15, -0.1) is 0 Å². The molecule has 1 aliphatic rings. The summed E-state index contributed by atoms with van der Waals surface area (Å²) in [4.78, 5) is 4.74. The van der Waals surface area contributed by atoms with Crippen LogP contribution in [0.15, 0.2) is 24.3 Å². The molecule has 2 heterocycles. The summed E-state index contributed by atoms with van der Waals surface area (Å²) in [6.45, 7) is 5.96. The van der Waals surface area contributed by atoms with Gasteiger partial charge < -0.3 is 14.6 Å². The molecule has 4 heteroatoms. The largest absolute Gasteiger partial charge is 0.370 e. The van der Waals surface area contributed by atoms with Crippen molar-refractivity contribution in [1.82, 2.24) is 14.9 Å². The second kappa shape index (κ2) is 6.37. The standard InChI is InChI=1S/C16H23N3O/c1-2-11-19-15-6-4-3-5-14(15)18-16(19)12-20-13-7-9-17-10-8-13/h3-6,13,17H,2,7-12H2,1H3. The summed E-state index contributed by atoms with van der Waals surface area (Å²) in [5, 5.41) is 3.37. The highest BCUT2D eigenvalue weighted by molar-refractivity contribution is 5.75. The number of piperidine rings is 1. The van der Waals surface area contributed by atoms with Gasteiger partial charge in [-0.1, -0.05) is 19.1 Å². The van der Waals surface area contributed by atoms with Gasteiger partial charge in [-0.3, -0.25) is 0 Å². The molecule has 1 aromatic carbocycles. The van der Waals surface area contributed by atoms with Crippen LogP contribution in [0, 0.1) is 0 Å². The maximum atomic E-state index is 6.06. The topological polar surface area (TPSA) is 39.1 Å². The first-order valence-electron chi connectivity index (χ1n) is 7.65. The Hall–Kier alpha value is -1.39. The van der Waals surface area contributed by atoms with E-state index in [1.54, 1.807) is 0 Å². The van der Waals surface area contributed by atoms with Crippen molar-refractivity contribution in [2.45, 2.75) is 45.4 Å². The first-order valence-corrected chi connectivity index (χ1v) is 7.65. The first-order chi connectivity index (χ1) is 9.88. The monoisotopic (exact) mass is 273 g/mol. The third-order valence-electron chi connectivity index (χ3n) is 3.92. The zero-order chi connectivity index (χ0) is 13.8. The second-order valence-electron chi connectivity index (χ2n) is 5.43. The lowest BCUT2D eigenvalue weighted by Crippen LogP contribution is -2.32. The van der Waals surface area contributed by atoms with Crippen LogP contribution >= 0.6 is 0 Å². The molecule has 4 nitrogen and oxygen atoms in total. The maximum Gasteiger partial charge on any atom is 0.136 e. The summed E-state index contributed by atoms with van der Waals surface area (Å²) in [6.07, 6.45) is 3.70. The average Bonchev–Trinajstić information content (AvgIpc) is 2.85. The molecule has 0 saturated carbocycles. The molecule has 2 aromatic rings. The third kappa shape index (κ3) is 2.86. The van der Waals surface area contributed by atoms with Crippen LogP contribution in [0.3, 0.4) is 0 Å². The number of aromatic nitrogens is 2. The zero-order valence-corrected chi connectivity index (χ0v) is 12.1. The Morgan fingerprint density at radius 2 is 2.10 bits per heavy atom. The number of fused-ring (bicyclic) bond motifs is 1. The molecule has 0 radical (unpaired) electrons. The van der Waals surface area contributed by atoms with Crippen LogP contribution in [0.2, 0.25) is 0 Å². The Labute approximate surface area is 120 Å². The van der Waals surface area contributed by atoms with Crippen molar-refractivity contribution in [2.24, 2.45) is 0 Å². The SMILES string of the molecule is CCCn1c(COC2CCNCC2)nc2ccccc21. The number of hydrogen-bond acceptors (Lipinski definition) is 3. The van der Waals surface area contributed by atoms with Crippen molar-refractivity contribution in [3.05, 3.63) is 30.1 Å². The Morgan fingerprint density at radius 3 is 2.90 bits per heavy atom. The van der Waals surface area contributed by atoms with Crippen molar-refractivity contribution in [1.29, 1.82) is 0 Å². The molecule has 0 amide bonds. The minimum Gasteiger partial charge on any atom is -0.370 e. The fourth-order valence-electron chi connectivity index (χ4n) is 2.86. The molecular formula is C16H23N3O.